The fourth-order valence-corrected chi connectivity index (χ4v) is 3.27. The van der Waals surface area contributed by atoms with Crippen molar-refractivity contribution in [2.75, 3.05) is 44.1 Å². The number of aliphatic hydroxyl groups is 1. The third-order valence-electron chi connectivity index (χ3n) is 4.95. The maximum atomic E-state index is 10.6. The Morgan fingerprint density at radius 1 is 1.03 bits per heavy atom. The van der Waals surface area contributed by atoms with E-state index in [0.717, 1.165) is 18.5 Å². The number of aliphatic hydroxyl groups excluding tert-OH is 1. The Labute approximate surface area is 176 Å². The molecular weight excluding hydrogens is 384 g/mol. The van der Waals surface area contributed by atoms with E-state index >= 15 is 0 Å². The summed E-state index contributed by atoms with van der Waals surface area (Å²) in [6.45, 7) is 5.83. The average molecular weight is 412 g/mol. The predicted molar refractivity (Wildman–Crippen MR) is 118 cm³/mol. The van der Waals surface area contributed by atoms with E-state index in [1.807, 2.05) is 30.9 Å². The van der Waals surface area contributed by atoms with Crippen LogP contribution in [0.3, 0.4) is 0 Å². The second-order valence-electron chi connectivity index (χ2n) is 6.76. The summed E-state index contributed by atoms with van der Waals surface area (Å²) in [5.74, 6) is 2.44. The molecule has 3 N–H and O–H groups in total. The molecule has 0 radical (unpaired) electrons. The minimum absolute atomic E-state index is 0.111. The van der Waals surface area contributed by atoms with Gasteiger partial charge in [0.05, 0.1) is 25.8 Å². The summed E-state index contributed by atoms with van der Waals surface area (Å²) in [7, 11) is 3.16. The van der Waals surface area contributed by atoms with E-state index in [1.54, 1.807) is 38.5 Å². The van der Waals surface area contributed by atoms with Crippen LogP contribution in [0, 0.1) is 0 Å². The molecule has 0 aliphatic heterocycles. The summed E-state index contributed by atoms with van der Waals surface area (Å²) < 4.78 is 10.9. The van der Waals surface area contributed by atoms with Gasteiger partial charge < -0.3 is 29.9 Å². The molecule has 8 heteroatoms. The molecule has 1 aromatic heterocycles. The molecule has 1 unspecified atom stereocenters. The average Bonchev–Trinajstić information content (AvgIpc) is 2.77. The number of phenols is 1. The number of anilines is 2. The number of aromatic hydroxyl groups is 1. The van der Waals surface area contributed by atoms with Gasteiger partial charge in [-0.25, -0.2) is 4.98 Å². The zero-order valence-corrected chi connectivity index (χ0v) is 17.7. The minimum atomic E-state index is -0.820. The molecule has 0 spiro atoms. The monoisotopic (exact) mass is 412 g/mol. The summed E-state index contributed by atoms with van der Waals surface area (Å²) in [6.07, 6.45) is -0.820. The molecular formula is C22H28N4O4. The third kappa shape index (κ3) is 4.49. The van der Waals surface area contributed by atoms with Crippen LogP contribution in [-0.4, -0.2) is 54.0 Å². The first-order valence-corrected chi connectivity index (χ1v) is 9.90. The molecule has 30 heavy (non-hydrogen) atoms. The number of nitrogens with zero attached hydrogens (tertiary/aromatic N) is 3. The van der Waals surface area contributed by atoms with Crippen molar-refractivity contribution in [3.63, 3.8) is 0 Å². The van der Waals surface area contributed by atoms with Crippen LogP contribution in [0.1, 0.15) is 25.5 Å². The molecule has 1 heterocycles. The standard InChI is InChI=1S/C22H28N4O4/c1-5-26(6-2)22-24-17-12-20(30-4)19(29-3)11-16(17)21(25-22)23-13-18(28)14-8-7-9-15(27)10-14/h7-12,18,27-28H,5-6,13H2,1-4H3,(H,23,24,25). The number of hydrogen-bond acceptors (Lipinski definition) is 8. The Morgan fingerprint density at radius 2 is 1.73 bits per heavy atom. The highest BCUT2D eigenvalue weighted by molar-refractivity contribution is 5.92. The zero-order valence-electron chi connectivity index (χ0n) is 17.7. The smallest absolute Gasteiger partial charge is 0.227 e. The number of benzene rings is 2. The van der Waals surface area contributed by atoms with Gasteiger partial charge in [-0.05, 0) is 37.6 Å². The van der Waals surface area contributed by atoms with Gasteiger partial charge in [-0.15, -0.1) is 0 Å². The number of fused-ring (bicyclic) bond motifs is 1. The molecule has 0 bridgehead atoms. The van der Waals surface area contributed by atoms with Gasteiger partial charge in [0.2, 0.25) is 5.95 Å². The number of hydrogen-bond donors (Lipinski definition) is 3. The van der Waals surface area contributed by atoms with Crippen LogP contribution in [0.5, 0.6) is 17.2 Å². The molecule has 0 aliphatic carbocycles. The molecule has 0 saturated carbocycles. The Bertz CT molecular complexity index is 1010. The van der Waals surface area contributed by atoms with Gasteiger partial charge in [-0.1, -0.05) is 12.1 Å². The van der Waals surface area contributed by atoms with Gasteiger partial charge in [0.25, 0.3) is 0 Å². The highest BCUT2D eigenvalue weighted by Gasteiger charge is 2.17. The summed E-state index contributed by atoms with van der Waals surface area (Å²) in [5, 5.41) is 24.2. The lowest BCUT2D eigenvalue weighted by atomic mass is 10.1. The fraction of sp³-hybridized carbons (Fsp3) is 0.364. The quantitative estimate of drug-likeness (QED) is 0.492. The van der Waals surface area contributed by atoms with Crippen LogP contribution < -0.4 is 19.7 Å². The molecule has 0 fully saturated rings. The van der Waals surface area contributed by atoms with Gasteiger partial charge in [0.15, 0.2) is 11.5 Å². The first-order valence-electron chi connectivity index (χ1n) is 9.90. The SMILES string of the molecule is CCN(CC)c1nc(NCC(O)c2cccc(O)c2)c2cc(OC)c(OC)cc2n1. The summed E-state index contributed by atoms with van der Waals surface area (Å²) >= 11 is 0. The molecule has 160 valence electrons. The molecule has 2 aromatic carbocycles. The van der Waals surface area contributed by atoms with Crippen molar-refractivity contribution in [3.8, 4) is 17.2 Å². The van der Waals surface area contributed by atoms with E-state index < -0.39 is 6.10 Å². The van der Waals surface area contributed by atoms with Gasteiger partial charge in [0.1, 0.15) is 11.6 Å². The number of aromatic nitrogens is 2. The second kappa shape index (κ2) is 9.49. The van der Waals surface area contributed by atoms with Gasteiger partial charge in [0, 0.05) is 31.1 Å². The number of rotatable bonds is 9. The van der Waals surface area contributed by atoms with Crippen molar-refractivity contribution in [2.24, 2.45) is 0 Å². The van der Waals surface area contributed by atoms with E-state index in [4.69, 9.17) is 19.4 Å². The van der Waals surface area contributed by atoms with E-state index in [2.05, 4.69) is 5.32 Å². The number of methoxy groups -OCH3 is 2. The van der Waals surface area contributed by atoms with Crippen LogP contribution >= 0.6 is 0 Å². The Kier molecular flexibility index (Phi) is 6.79. The largest absolute Gasteiger partial charge is 0.508 e. The van der Waals surface area contributed by atoms with Crippen LogP contribution in [0.4, 0.5) is 11.8 Å². The van der Waals surface area contributed by atoms with Crippen LogP contribution in [0.15, 0.2) is 36.4 Å². The molecule has 3 aromatic rings. The summed E-state index contributed by atoms with van der Waals surface area (Å²) in [5.41, 5.74) is 1.32. The summed E-state index contributed by atoms with van der Waals surface area (Å²) in [6, 6.07) is 10.2. The molecule has 8 nitrogen and oxygen atoms in total. The normalized spacial score (nSPS) is 11.9. The van der Waals surface area contributed by atoms with E-state index in [9.17, 15) is 10.2 Å². The highest BCUT2D eigenvalue weighted by Crippen LogP contribution is 2.35. The Morgan fingerprint density at radius 3 is 2.37 bits per heavy atom. The van der Waals surface area contributed by atoms with Gasteiger partial charge >= 0.3 is 0 Å². The van der Waals surface area contributed by atoms with Crippen LogP contribution in [0.2, 0.25) is 0 Å². The predicted octanol–water partition coefficient (Wildman–Crippen LogP) is 3.34. The lowest BCUT2D eigenvalue weighted by Gasteiger charge is -2.21. The molecule has 0 amide bonds. The van der Waals surface area contributed by atoms with Crippen LogP contribution in [0.25, 0.3) is 10.9 Å². The first kappa shape index (κ1) is 21.4. The Hall–Kier alpha value is -3.26. The molecule has 0 saturated heterocycles. The Balaban J connectivity index is 2.01. The first-order chi connectivity index (χ1) is 14.5. The van der Waals surface area contributed by atoms with E-state index in [0.29, 0.717) is 34.3 Å². The van der Waals surface area contributed by atoms with Gasteiger partial charge in [-0.2, -0.15) is 4.98 Å². The maximum Gasteiger partial charge on any atom is 0.227 e. The van der Waals surface area contributed by atoms with Crippen molar-refractivity contribution in [2.45, 2.75) is 20.0 Å². The van der Waals surface area contributed by atoms with Crippen molar-refractivity contribution in [1.82, 2.24) is 9.97 Å². The third-order valence-corrected chi connectivity index (χ3v) is 4.95. The molecule has 0 aliphatic rings. The molecule has 3 rings (SSSR count). The topological polar surface area (TPSA) is 100.0 Å². The number of phenolic OH excluding ortho intramolecular Hbond substituents is 1. The van der Waals surface area contributed by atoms with E-state index in [-0.39, 0.29) is 12.3 Å². The van der Waals surface area contributed by atoms with Crippen molar-refractivity contribution in [3.05, 3.63) is 42.0 Å². The van der Waals surface area contributed by atoms with E-state index in [1.165, 1.54) is 0 Å². The lowest BCUT2D eigenvalue weighted by molar-refractivity contribution is 0.191. The van der Waals surface area contributed by atoms with Crippen molar-refractivity contribution in [1.29, 1.82) is 0 Å². The van der Waals surface area contributed by atoms with Crippen molar-refractivity contribution < 1.29 is 19.7 Å². The van der Waals surface area contributed by atoms with Gasteiger partial charge in [-0.3, -0.25) is 0 Å². The lowest BCUT2D eigenvalue weighted by Crippen LogP contribution is -2.25. The van der Waals surface area contributed by atoms with Crippen molar-refractivity contribution >= 4 is 22.7 Å². The van der Waals surface area contributed by atoms with Crippen LogP contribution in [-0.2, 0) is 0 Å². The number of ether oxygens (including phenoxy) is 2. The zero-order chi connectivity index (χ0) is 21.7. The fourth-order valence-electron chi connectivity index (χ4n) is 3.27. The molecule has 1 atom stereocenters. The second-order valence-corrected chi connectivity index (χ2v) is 6.76. The maximum absolute atomic E-state index is 10.6. The summed E-state index contributed by atoms with van der Waals surface area (Å²) in [4.78, 5) is 11.5. The minimum Gasteiger partial charge on any atom is -0.508 e. The highest BCUT2D eigenvalue weighted by atomic mass is 16.5. The number of nitrogens with one attached hydrogen (secondary N) is 1.